The lowest BCUT2D eigenvalue weighted by Gasteiger charge is -2.24. The predicted molar refractivity (Wildman–Crippen MR) is 95.5 cm³/mol. The van der Waals surface area contributed by atoms with E-state index in [1.54, 1.807) is 0 Å². The third-order valence-corrected chi connectivity index (χ3v) is 4.61. The number of aromatic nitrogens is 1. The van der Waals surface area contributed by atoms with Crippen LogP contribution in [0, 0.1) is 5.92 Å². The molecule has 26 heavy (non-hydrogen) atoms. The van der Waals surface area contributed by atoms with Crippen LogP contribution in [0.2, 0.25) is 0 Å². The van der Waals surface area contributed by atoms with E-state index in [-0.39, 0.29) is 0 Å². The lowest BCUT2D eigenvalue weighted by atomic mass is 9.84. The average molecular weight is 355 g/mol. The number of ether oxygens (including phenoxy) is 1. The molecule has 2 aromatic rings. The first-order valence-electron chi connectivity index (χ1n) is 8.58. The van der Waals surface area contributed by atoms with Crippen molar-refractivity contribution in [1.82, 2.24) is 10.3 Å². The first-order chi connectivity index (χ1) is 12.4. The van der Waals surface area contributed by atoms with Gasteiger partial charge in [0.15, 0.2) is 6.10 Å². The summed E-state index contributed by atoms with van der Waals surface area (Å²) in [5.74, 6) is -0.917. The number of pyridine rings is 1. The van der Waals surface area contributed by atoms with Crippen molar-refractivity contribution >= 4 is 28.8 Å². The topological polar surface area (TPSA) is 111 Å². The number of para-hydroxylation sites is 1. The van der Waals surface area contributed by atoms with Gasteiger partial charge in [-0.1, -0.05) is 25.1 Å². The fraction of sp³-hybridized carbons (Fsp3) is 0.368. The third kappa shape index (κ3) is 3.51. The molecule has 2 atom stereocenters. The second-order valence-corrected chi connectivity index (χ2v) is 6.68. The first kappa shape index (κ1) is 17.8. The van der Waals surface area contributed by atoms with Crippen LogP contribution >= 0.6 is 0 Å². The van der Waals surface area contributed by atoms with Crippen LogP contribution < -0.4 is 11.1 Å². The molecule has 3 amide bonds. The van der Waals surface area contributed by atoms with Crippen molar-refractivity contribution in [2.75, 3.05) is 0 Å². The summed E-state index contributed by atoms with van der Waals surface area (Å²) in [5.41, 5.74) is 7.90. The molecule has 0 spiro atoms. The van der Waals surface area contributed by atoms with Gasteiger partial charge in [0.2, 0.25) is 0 Å². The Morgan fingerprint density at radius 2 is 2.04 bits per heavy atom. The van der Waals surface area contributed by atoms with Gasteiger partial charge in [-0.25, -0.2) is 9.59 Å². The molecule has 3 rings (SSSR count). The van der Waals surface area contributed by atoms with E-state index in [4.69, 9.17) is 15.5 Å². The third-order valence-electron chi connectivity index (χ3n) is 4.61. The van der Waals surface area contributed by atoms with E-state index in [1.165, 1.54) is 6.92 Å². The van der Waals surface area contributed by atoms with Crippen LogP contribution in [-0.4, -0.2) is 29.0 Å². The maximum absolute atomic E-state index is 12.9. The molecule has 1 heterocycles. The van der Waals surface area contributed by atoms with E-state index >= 15 is 0 Å². The van der Waals surface area contributed by atoms with Crippen molar-refractivity contribution < 1.29 is 19.1 Å². The summed E-state index contributed by atoms with van der Waals surface area (Å²) in [7, 11) is 0. The summed E-state index contributed by atoms with van der Waals surface area (Å²) < 4.78 is 5.32. The normalized spacial score (nSPS) is 17.2. The Morgan fingerprint density at radius 1 is 1.31 bits per heavy atom. The van der Waals surface area contributed by atoms with Gasteiger partial charge in [0.05, 0.1) is 11.1 Å². The Bertz CT molecular complexity index is 894. The van der Waals surface area contributed by atoms with Crippen LogP contribution in [0.4, 0.5) is 4.79 Å². The number of benzene rings is 1. The molecule has 0 radical (unpaired) electrons. The molecule has 1 aliphatic carbocycles. The molecule has 7 nitrogen and oxygen atoms in total. The Hall–Kier alpha value is -2.96. The average Bonchev–Trinajstić information content (AvgIpc) is 2.58. The molecular formula is C19H21N3O4. The summed E-state index contributed by atoms with van der Waals surface area (Å²) >= 11 is 0. The number of nitrogens with one attached hydrogen (secondary N) is 1. The number of imide groups is 1. The number of aryl methyl sites for hydroxylation is 1. The Morgan fingerprint density at radius 3 is 2.77 bits per heavy atom. The highest BCUT2D eigenvalue weighted by Crippen LogP contribution is 2.32. The highest BCUT2D eigenvalue weighted by molar-refractivity contribution is 6.06. The van der Waals surface area contributed by atoms with Gasteiger partial charge in [-0.2, -0.15) is 0 Å². The molecule has 0 saturated heterocycles. The molecule has 0 bridgehead atoms. The van der Waals surface area contributed by atoms with E-state index in [0.717, 1.165) is 36.0 Å². The Balaban J connectivity index is 2.00. The maximum Gasteiger partial charge on any atom is 0.339 e. The lowest BCUT2D eigenvalue weighted by molar-refractivity contribution is -0.127. The molecule has 1 aliphatic rings. The van der Waals surface area contributed by atoms with Crippen LogP contribution in [-0.2, 0) is 22.4 Å². The first-order valence-corrected chi connectivity index (χ1v) is 8.58. The van der Waals surface area contributed by atoms with Crippen LogP contribution in [0.15, 0.2) is 24.3 Å². The molecule has 0 fully saturated rings. The Labute approximate surface area is 150 Å². The number of amides is 3. The highest BCUT2D eigenvalue weighted by Gasteiger charge is 2.28. The SMILES string of the molecule is C[C@H]1CCc2nc3ccccc3c(C(=O)O[C@@H](C)C(=O)NC(N)=O)c2C1. The predicted octanol–water partition coefficient (Wildman–Crippen LogP) is 2.10. The summed E-state index contributed by atoms with van der Waals surface area (Å²) in [6, 6.07) is 6.40. The van der Waals surface area contributed by atoms with E-state index in [0.29, 0.717) is 16.9 Å². The van der Waals surface area contributed by atoms with Gasteiger partial charge in [-0.05, 0) is 43.7 Å². The van der Waals surface area contributed by atoms with E-state index in [1.807, 2.05) is 29.6 Å². The Kier molecular flexibility index (Phi) is 4.88. The highest BCUT2D eigenvalue weighted by atomic mass is 16.5. The fourth-order valence-corrected chi connectivity index (χ4v) is 3.29. The number of esters is 1. The van der Waals surface area contributed by atoms with Gasteiger partial charge < -0.3 is 10.5 Å². The molecular weight excluding hydrogens is 334 g/mol. The van der Waals surface area contributed by atoms with Crippen molar-refractivity contribution in [2.45, 2.75) is 39.2 Å². The second kappa shape index (κ2) is 7.11. The zero-order chi connectivity index (χ0) is 18.8. The molecule has 0 aliphatic heterocycles. The largest absolute Gasteiger partial charge is 0.449 e. The minimum atomic E-state index is -1.14. The number of urea groups is 1. The number of carbonyl (C=O) groups is 3. The van der Waals surface area contributed by atoms with Crippen molar-refractivity contribution in [1.29, 1.82) is 0 Å². The van der Waals surface area contributed by atoms with Gasteiger partial charge in [-0.15, -0.1) is 0 Å². The van der Waals surface area contributed by atoms with Crippen LogP contribution in [0.3, 0.4) is 0 Å². The molecule has 7 heteroatoms. The van der Waals surface area contributed by atoms with Crippen molar-refractivity contribution in [3.05, 3.63) is 41.1 Å². The zero-order valence-corrected chi connectivity index (χ0v) is 14.7. The van der Waals surface area contributed by atoms with Gasteiger partial charge in [0.25, 0.3) is 5.91 Å². The molecule has 136 valence electrons. The standard InChI is InChI=1S/C19H21N3O4/c1-10-7-8-15-13(9-10)16(12-5-3-4-6-14(12)21-15)18(24)26-11(2)17(23)22-19(20)25/h3-6,10-11H,7-9H2,1-2H3,(H3,20,22,23,25)/t10-,11-/m0/s1. The van der Waals surface area contributed by atoms with E-state index in [2.05, 4.69) is 6.92 Å². The quantitative estimate of drug-likeness (QED) is 0.819. The summed E-state index contributed by atoms with van der Waals surface area (Å²) in [5, 5.41) is 2.62. The van der Waals surface area contributed by atoms with Crippen molar-refractivity contribution in [3.63, 3.8) is 0 Å². The monoisotopic (exact) mass is 355 g/mol. The maximum atomic E-state index is 12.9. The molecule has 0 saturated carbocycles. The van der Waals surface area contributed by atoms with Gasteiger partial charge in [0, 0.05) is 11.1 Å². The van der Waals surface area contributed by atoms with Gasteiger partial charge in [-0.3, -0.25) is 15.1 Å². The van der Waals surface area contributed by atoms with Crippen LogP contribution in [0.1, 0.15) is 41.9 Å². The number of nitrogens with two attached hydrogens (primary N) is 1. The fourth-order valence-electron chi connectivity index (χ4n) is 3.29. The van der Waals surface area contributed by atoms with E-state index in [9.17, 15) is 14.4 Å². The van der Waals surface area contributed by atoms with Crippen LogP contribution in [0.25, 0.3) is 10.9 Å². The number of rotatable bonds is 3. The number of primary amides is 1. The smallest absolute Gasteiger partial charge is 0.339 e. The number of fused-ring (bicyclic) bond motifs is 2. The minimum Gasteiger partial charge on any atom is -0.449 e. The summed E-state index contributed by atoms with van der Waals surface area (Å²) in [6.45, 7) is 3.53. The molecule has 1 aromatic heterocycles. The van der Waals surface area contributed by atoms with Gasteiger partial charge in [0.1, 0.15) is 0 Å². The summed E-state index contributed by atoms with van der Waals surface area (Å²) in [6.07, 6.45) is 1.42. The second-order valence-electron chi connectivity index (χ2n) is 6.68. The lowest BCUT2D eigenvalue weighted by Crippen LogP contribution is -2.42. The number of carbonyl (C=O) groups excluding carboxylic acids is 3. The zero-order valence-electron chi connectivity index (χ0n) is 14.7. The number of hydrogen-bond donors (Lipinski definition) is 2. The molecule has 3 N–H and O–H groups in total. The van der Waals surface area contributed by atoms with E-state index < -0.39 is 24.0 Å². The van der Waals surface area contributed by atoms with Gasteiger partial charge >= 0.3 is 12.0 Å². The number of nitrogens with zero attached hydrogens (tertiary/aromatic N) is 1. The van der Waals surface area contributed by atoms with Crippen molar-refractivity contribution in [2.24, 2.45) is 11.7 Å². The van der Waals surface area contributed by atoms with Crippen molar-refractivity contribution in [3.8, 4) is 0 Å². The molecule has 1 aromatic carbocycles. The number of hydrogen-bond acceptors (Lipinski definition) is 5. The van der Waals surface area contributed by atoms with Crippen LogP contribution in [0.5, 0.6) is 0 Å². The minimum absolute atomic E-state index is 0.438. The summed E-state index contributed by atoms with van der Waals surface area (Å²) in [4.78, 5) is 40.2. The molecule has 0 unspecified atom stereocenters.